The molecule has 0 saturated heterocycles. The van der Waals surface area contributed by atoms with Crippen LogP contribution in [0.3, 0.4) is 0 Å². The summed E-state index contributed by atoms with van der Waals surface area (Å²) in [4.78, 5) is 10.5. The van der Waals surface area contributed by atoms with Crippen LogP contribution in [0.4, 0.5) is 0 Å². The van der Waals surface area contributed by atoms with Crippen LogP contribution in [0.15, 0.2) is 0 Å². The lowest BCUT2D eigenvalue weighted by atomic mass is 10.2. The molecular formula is C9H15N3O3. The van der Waals surface area contributed by atoms with Gasteiger partial charge in [-0.15, -0.1) is 5.10 Å². The second-order valence-corrected chi connectivity index (χ2v) is 3.44. The van der Waals surface area contributed by atoms with Crippen molar-refractivity contribution in [1.82, 2.24) is 15.0 Å². The van der Waals surface area contributed by atoms with Crippen molar-refractivity contribution in [2.45, 2.75) is 39.3 Å². The van der Waals surface area contributed by atoms with E-state index < -0.39 is 12.1 Å². The third-order valence-corrected chi connectivity index (χ3v) is 2.01. The van der Waals surface area contributed by atoms with Crippen LogP contribution in [0.1, 0.15) is 25.2 Å². The van der Waals surface area contributed by atoms with Crippen LogP contribution in [-0.4, -0.2) is 37.3 Å². The SMILES string of the molecule is CCc1c(CC(=O)O)nnn1CC(C)O. The quantitative estimate of drug-likeness (QED) is 0.710. The smallest absolute Gasteiger partial charge is 0.309 e. The fourth-order valence-corrected chi connectivity index (χ4v) is 1.43. The van der Waals surface area contributed by atoms with Gasteiger partial charge in [0.05, 0.1) is 30.5 Å². The molecule has 0 saturated carbocycles. The first-order chi connectivity index (χ1) is 7.04. The maximum absolute atomic E-state index is 10.5. The molecule has 6 heteroatoms. The zero-order chi connectivity index (χ0) is 11.4. The molecule has 1 heterocycles. The molecule has 1 rings (SSSR count). The lowest BCUT2D eigenvalue weighted by Gasteiger charge is -2.07. The van der Waals surface area contributed by atoms with Gasteiger partial charge in [0.2, 0.25) is 0 Å². The van der Waals surface area contributed by atoms with Gasteiger partial charge in [0.25, 0.3) is 0 Å². The van der Waals surface area contributed by atoms with Crippen molar-refractivity contribution in [3.8, 4) is 0 Å². The molecule has 0 bridgehead atoms. The molecule has 0 fully saturated rings. The lowest BCUT2D eigenvalue weighted by Crippen LogP contribution is -2.15. The lowest BCUT2D eigenvalue weighted by molar-refractivity contribution is -0.136. The topological polar surface area (TPSA) is 88.2 Å². The van der Waals surface area contributed by atoms with E-state index in [0.29, 0.717) is 18.7 Å². The molecule has 6 nitrogen and oxygen atoms in total. The highest BCUT2D eigenvalue weighted by atomic mass is 16.4. The van der Waals surface area contributed by atoms with Crippen LogP contribution < -0.4 is 0 Å². The third-order valence-electron chi connectivity index (χ3n) is 2.01. The van der Waals surface area contributed by atoms with Gasteiger partial charge in [-0.2, -0.15) is 0 Å². The predicted octanol–water partition coefficient (Wildman–Crippen LogP) is -0.152. The summed E-state index contributed by atoms with van der Waals surface area (Å²) in [6.07, 6.45) is 0.0142. The molecule has 0 aromatic carbocycles. The van der Waals surface area contributed by atoms with Crippen molar-refractivity contribution >= 4 is 5.97 Å². The van der Waals surface area contributed by atoms with Gasteiger partial charge in [-0.05, 0) is 13.3 Å². The molecule has 84 valence electrons. The summed E-state index contributed by atoms with van der Waals surface area (Å²) in [5.74, 6) is -0.922. The molecule has 0 aliphatic heterocycles. The number of aliphatic hydroxyl groups is 1. The van der Waals surface area contributed by atoms with Crippen molar-refractivity contribution in [2.24, 2.45) is 0 Å². The minimum absolute atomic E-state index is 0.122. The maximum atomic E-state index is 10.5. The maximum Gasteiger partial charge on any atom is 0.309 e. The molecule has 0 amide bonds. The summed E-state index contributed by atoms with van der Waals surface area (Å²) in [5.41, 5.74) is 1.25. The van der Waals surface area contributed by atoms with E-state index in [4.69, 9.17) is 5.11 Å². The van der Waals surface area contributed by atoms with Crippen LogP contribution in [0, 0.1) is 0 Å². The molecule has 0 aliphatic carbocycles. The van der Waals surface area contributed by atoms with Crippen molar-refractivity contribution < 1.29 is 15.0 Å². The van der Waals surface area contributed by atoms with Gasteiger partial charge in [-0.1, -0.05) is 12.1 Å². The Morgan fingerprint density at radius 2 is 2.27 bits per heavy atom. The molecule has 0 aliphatic rings. The minimum Gasteiger partial charge on any atom is -0.481 e. The van der Waals surface area contributed by atoms with E-state index >= 15 is 0 Å². The summed E-state index contributed by atoms with van der Waals surface area (Å²) in [7, 11) is 0. The van der Waals surface area contributed by atoms with Gasteiger partial charge in [0.15, 0.2) is 0 Å². The summed E-state index contributed by atoms with van der Waals surface area (Å²) in [5, 5.41) is 25.5. The number of aliphatic carboxylic acids is 1. The summed E-state index contributed by atoms with van der Waals surface area (Å²) < 4.78 is 1.56. The van der Waals surface area contributed by atoms with Gasteiger partial charge in [0.1, 0.15) is 0 Å². The number of carboxylic acid groups (broad SMARTS) is 1. The van der Waals surface area contributed by atoms with E-state index in [1.165, 1.54) is 0 Å². The third kappa shape index (κ3) is 3.02. The number of hydrogen-bond acceptors (Lipinski definition) is 4. The molecule has 0 spiro atoms. The second-order valence-electron chi connectivity index (χ2n) is 3.44. The van der Waals surface area contributed by atoms with Gasteiger partial charge in [0, 0.05) is 0 Å². The molecule has 1 unspecified atom stereocenters. The number of rotatable bonds is 5. The van der Waals surface area contributed by atoms with Crippen LogP contribution in [0.25, 0.3) is 0 Å². The van der Waals surface area contributed by atoms with Crippen molar-refractivity contribution in [2.75, 3.05) is 0 Å². The average Bonchev–Trinajstić information content (AvgIpc) is 2.45. The Kier molecular flexibility index (Phi) is 3.79. The number of aliphatic hydroxyl groups excluding tert-OH is 1. The summed E-state index contributed by atoms with van der Waals surface area (Å²) in [6, 6.07) is 0. The number of carbonyl (C=O) groups is 1. The Bertz CT molecular complexity index is 346. The van der Waals surface area contributed by atoms with Crippen LogP contribution in [0.5, 0.6) is 0 Å². The Balaban J connectivity index is 2.89. The molecule has 0 radical (unpaired) electrons. The standard InChI is InChI=1S/C9H15N3O3/c1-3-8-7(4-9(14)15)10-11-12(8)5-6(2)13/h6,13H,3-5H2,1-2H3,(H,14,15). The monoisotopic (exact) mass is 213 g/mol. The number of carboxylic acids is 1. The molecule has 1 aromatic heterocycles. The van der Waals surface area contributed by atoms with Crippen LogP contribution >= 0.6 is 0 Å². The molecular weight excluding hydrogens is 198 g/mol. The van der Waals surface area contributed by atoms with Crippen LogP contribution in [0.2, 0.25) is 0 Å². The van der Waals surface area contributed by atoms with E-state index in [0.717, 1.165) is 5.69 Å². The molecule has 15 heavy (non-hydrogen) atoms. The van der Waals surface area contributed by atoms with Crippen molar-refractivity contribution in [3.05, 3.63) is 11.4 Å². The molecule has 1 atom stereocenters. The highest BCUT2D eigenvalue weighted by Crippen LogP contribution is 2.08. The van der Waals surface area contributed by atoms with Gasteiger partial charge in [-0.25, -0.2) is 4.68 Å². The van der Waals surface area contributed by atoms with Gasteiger partial charge in [-0.3, -0.25) is 4.79 Å². The van der Waals surface area contributed by atoms with E-state index in [1.807, 2.05) is 6.92 Å². The van der Waals surface area contributed by atoms with E-state index in [2.05, 4.69) is 10.3 Å². The van der Waals surface area contributed by atoms with Gasteiger partial charge < -0.3 is 10.2 Å². The van der Waals surface area contributed by atoms with Crippen molar-refractivity contribution in [3.63, 3.8) is 0 Å². The zero-order valence-electron chi connectivity index (χ0n) is 8.84. The largest absolute Gasteiger partial charge is 0.481 e. The van der Waals surface area contributed by atoms with E-state index in [9.17, 15) is 9.90 Å². The first-order valence-electron chi connectivity index (χ1n) is 4.85. The Labute approximate surface area is 87.5 Å². The summed E-state index contributed by atoms with van der Waals surface area (Å²) >= 11 is 0. The fraction of sp³-hybridized carbons (Fsp3) is 0.667. The number of hydrogen-bond donors (Lipinski definition) is 2. The average molecular weight is 213 g/mol. The molecule has 1 aromatic rings. The number of aromatic nitrogens is 3. The molecule has 2 N–H and O–H groups in total. The second kappa shape index (κ2) is 4.88. The Hall–Kier alpha value is -1.43. The predicted molar refractivity (Wildman–Crippen MR) is 52.4 cm³/mol. The highest BCUT2D eigenvalue weighted by Gasteiger charge is 2.14. The Morgan fingerprint density at radius 1 is 1.60 bits per heavy atom. The highest BCUT2D eigenvalue weighted by molar-refractivity contribution is 5.69. The first-order valence-corrected chi connectivity index (χ1v) is 4.85. The van der Waals surface area contributed by atoms with E-state index in [-0.39, 0.29) is 6.42 Å². The van der Waals surface area contributed by atoms with Gasteiger partial charge >= 0.3 is 5.97 Å². The minimum atomic E-state index is -0.922. The summed E-state index contributed by atoms with van der Waals surface area (Å²) in [6.45, 7) is 3.90. The Morgan fingerprint density at radius 3 is 2.73 bits per heavy atom. The van der Waals surface area contributed by atoms with Crippen molar-refractivity contribution in [1.29, 1.82) is 0 Å². The first kappa shape index (κ1) is 11.6. The van der Waals surface area contributed by atoms with Crippen LogP contribution in [-0.2, 0) is 24.2 Å². The number of nitrogens with zero attached hydrogens (tertiary/aromatic N) is 3. The zero-order valence-corrected chi connectivity index (χ0v) is 8.84. The normalized spacial score (nSPS) is 12.7. The fourth-order valence-electron chi connectivity index (χ4n) is 1.43. The van der Waals surface area contributed by atoms with E-state index in [1.54, 1.807) is 11.6 Å².